The van der Waals surface area contributed by atoms with Crippen molar-refractivity contribution in [3.8, 4) is 5.75 Å². The quantitative estimate of drug-likeness (QED) is 0.607. The number of rotatable bonds is 6. The Hall–Kier alpha value is -2.32. The molecule has 1 aliphatic carbocycles. The number of carbonyl (C=O) groups is 2. The number of ether oxygens (including phenoxy) is 1. The molecule has 1 aromatic carbocycles. The van der Waals surface area contributed by atoms with Crippen molar-refractivity contribution >= 4 is 17.6 Å². The Morgan fingerprint density at radius 1 is 1.27 bits per heavy atom. The lowest BCUT2D eigenvalue weighted by Gasteiger charge is -2.33. The van der Waals surface area contributed by atoms with E-state index >= 15 is 0 Å². The highest BCUT2D eigenvalue weighted by molar-refractivity contribution is 5.90. The van der Waals surface area contributed by atoms with Crippen LogP contribution in [0.2, 0.25) is 0 Å². The van der Waals surface area contributed by atoms with Gasteiger partial charge in [0.05, 0.1) is 19.1 Å². The highest BCUT2D eigenvalue weighted by atomic mass is 16.5. The molecule has 1 saturated carbocycles. The van der Waals surface area contributed by atoms with E-state index in [1.165, 1.54) is 6.42 Å². The third kappa shape index (κ3) is 7.08. The van der Waals surface area contributed by atoms with Crippen LogP contribution in [0.3, 0.4) is 0 Å². The van der Waals surface area contributed by atoms with Gasteiger partial charge < -0.3 is 30.3 Å². The number of anilines is 1. The fourth-order valence-electron chi connectivity index (χ4n) is 4.68. The highest BCUT2D eigenvalue weighted by Gasteiger charge is 2.30. The molecule has 1 aliphatic heterocycles. The summed E-state index contributed by atoms with van der Waals surface area (Å²) in [6.07, 6.45) is 5.61. The van der Waals surface area contributed by atoms with Crippen LogP contribution in [0.4, 0.5) is 10.5 Å². The topological polar surface area (TPSA) is 94.1 Å². The van der Waals surface area contributed by atoms with Crippen molar-refractivity contribution in [2.75, 3.05) is 39.1 Å². The molecule has 2 aliphatic rings. The summed E-state index contributed by atoms with van der Waals surface area (Å²) in [6, 6.07) is 5.24. The van der Waals surface area contributed by atoms with E-state index in [-0.39, 0.29) is 49.1 Å². The number of hydrogen-bond acceptors (Lipinski definition) is 5. The minimum absolute atomic E-state index is 0.0532. The Bertz CT molecular complexity index is 810. The van der Waals surface area contributed by atoms with E-state index in [0.717, 1.165) is 31.2 Å². The maximum Gasteiger partial charge on any atom is 0.319 e. The Morgan fingerprint density at radius 2 is 2.00 bits per heavy atom. The van der Waals surface area contributed by atoms with E-state index in [1.807, 2.05) is 39.2 Å². The number of aliphatic hydroxyl groups is 1. The number of aliphatic hydroxyl groups excluding tert-OH is 1. The SMILES string of the molecule is C[C@H]1CN([C@@H](C)CO)C(=O)Cc2cc(NC(=O)NC3CCCCC3)ccc2O[C@@H]1CN(C)C. The van der Waals surface area contributed by atoms with Gasteiger partial charge in [-0.15, -0.1) is 0 Å². The van der Waals surface area contributed by atoms with Gasteiger partial charge in [0.1, 0.15) is 11.9 Å². The van der Waals surface area contributed by atoms with Crippen LogP contribution in [0.5, 0.6) is 5.75 Å². The lowest BCUT2D eigenvalue weighted by atomic mass is 9.96. The predicted molar refractivity (Wildman–Crippen MR) is 130 cm³/mol. The first-order chi connectivity index (χ1) is 15.8. The van der Waals surface area contributed by atoms with E-state index in [2.05, 4.69) is 22.5 Å². The second-order valence-electron chi connectivity index (χ2n) is 9.91. The molecule has 3 amide bonds. The van der Waals surface area contributed by atoms with Gasteiger partial charge in [0.2, 0.25) is 5.91 Å². The smallest absolute Gasteiger partial charge is 0.319 e. The van der Waals surface area contributed by atoms with Crippen LogP contribution in [0, 0.1) is 5.92 Å². The molecular weight excluding hydrogens is 420 g/mol. The number of carbonyl (C=O) groups excluding carboxylic acids is 2. The number of amides is 3. The molecule has 0 aromatic heterocycles. The van der Waals surface area contributed by atoms with Gasteiger partial charge in [0.15, 0.2) is 0 Å². The number of urea groups is 1. The molecule has 8 nitrogen and oxygen atoms in total. The van der Waals surface area contributed by atoms with Gasteiger partial charge >= 0.3 is 6.03 Å². The average Bonchev–Trinajstić information content (AvgIpc) is 2.82. The first-order valence-electron chi connectivity index (χ1n) is 12.2. The van der Waals surface area contributed by atoms with Crippen LogP contribution in [0.1, 0.15) is 51.5 Å². The Kier molecular flexibility index (Phi) is 8.97. The number of hydrogen-bond donors (Lipinski definition) is 3. The lowest BCUT2D eigenvalue weighted by Crippen LogP contribution is -2.47. The first-order valence-corrected chi connectivity index (χ1v) is 12.2. The highest BCUT2D eigenvalue weighted by Crippen LogP contribution is 2.29. The number of benzene rings is 1. The average molecular weight is 461 g/mol. The van der Waals surface area contributed by atoms with Crippen molar-refractivity contribution in [2.24, 2.45) is 5.92 Å². The number of nitrogens with zero attached hydrogens (tertiary/aromatic N) is 2. The summed E-state index contributed by atoms with van der Waals surface area (Å²) in [5, 5.41) is 15.7. The third-order valence-electron chi connectivity index (χ3n) is 6.66. The van der Waals surface area contributed by atoms with Crippen LogP contribution in [0.25, 0.3) is 0 Å². The summed E-state index contributed by atoms with van der Waals surface area (Å²) in [4.78, 5) is 29.6. The second-order valence-corrected chi connectivity index (χ2v) is 9.91. The van der Waals surface area contributed by atoms with E-state index in [4.69, 9.17) is 4.74 Å². The monoisotopic (exact) mass is 460 g/mol. The molecule has 1 heterocycles. The molecule has 0 spiro atoms. The predicted octanol–water partition coefficient (Wildman–Crippen LogP) is 2.85. The van der Waals surface area contributed by atoms with E-state index in [0.29, 0.717) is 24.5 Å². The molecule has 0 bridgehead atoms. The normalized spacial score (nSPS) is 23.1. The van der Waals surface area contributed by atoms with Gasteiger partial charge in [-0.2, -0.15) is 0 Å². The zero-order valence-electron chi connectivity index (χ0n) is 20.5. The summed E-state index contributed by atoms with van der Waals surface area (Å²) < 4.78 is 6.42. The van der Waals surface area contributed by atoms with Gasteiger partial charge in [0.25, 0.3) is 0 Å². The maximum atomic E-state index is 13.2. The van der Waals surface area contributed by atoms with Crippen molar-refractivity contribution < 1.29 is 19.4 Å². The minimum atomic E-state index is -0.274. The number of likely N-dealkylation sites (N-methyl/N-ethyl adjacent to an activating group) is 1. The Morgan fingerprint density at radius 3 is 2.67 bits per heavy atom. The zero-order chi connectivity index (χ0) is 24.0. The molecule has 8 heteroatoms. The second kappa shape index (κ2) is 11.7. The van der Waals surface area contributed by atoms with E-state index < -0.39 is 0 Å². The molecule has 184 valence electrons. The standard InChI is InChI=1S/C25H40N4O4/c1-17-14-29(18(2)16-30)24(31)13-19-12-21(10-11-22(19)33-23(17)15-28(3)4)27-25(32)26-20-8-6-5-7-9-20/h10-12,17-18,20,23,30H,5-9,13-16H2,1-4H3,(H2,26,27,32)/t17-,18-,23+/m0/s1. The molecule has 0 unspecified atom stereocenters. The molecule has 33 heavy (non-hydrogen) atoms. The zero-order valence-corrected chi connectivity index (χ0v) is 20.5. The van der Waals surface area contributed by atoms with E-state index in [1.54, 1.807) is 4.90 Å². The molecule has 0 radical (unpaired) electrons. The van der Waals surface area contributed by atoms with Crippen LogP contribution in [0.15, 0.2) is 18.2 Å². The lowest BCUT2D eigenvalue weighted by molar-refractivity contribution is -0.134. The summed E-state index contributed by atoms with van der Waals surface area (Å²) in [5.41, 5.74) is 1.38. The molecule has 3 N–H and O–H groups in total. The molecule has 1 fully saturated rings. The van der Waals surface area contributed by atoms with Crippen molar-refractivity contribution in [1.82, 2.24) is 15.1 Å². The van der Waals surface area contributed by atoms with Gasteiger partial charge in [-0.05, 0) is 52.1 Å². The molecular formula is C25H40N4O4. The Balaban J connectivity index is 1.82. The fraction of sp³-hybridized carbons (Fsp3) is 0.680. The molecule has 0 saturated heterocycles. The van der Waals surface area contributed by atoms with Crippen LogP contribution >= 0.6 is 0 Å². The summed E-state index contributed by atoms with van der Waals surface area (Å²) in [6.45, 7) is 5.07. The first kappa shape index (κ1) is 25.3. The fourth-order valence-corrected chi connectivity index (χ4v) is 4.68. The maximum absolute atomic E-state index is 13.2. The Labute approximate surface area is 197 Å². The van der Waals surface area contributed by atoms with Crippen molar-refractivity contribution in [3.63, 3.8) is 0 Å². The number of fused-ring (bicyclic) bond motifs is 1. The molecule has 1 aromatic rings. The number of nitrogens with one attached hydrogen (secondary N) is 2. The van der Waals surface area contributed by atoms with Crippen molar-refractivity contribution in [3.05, 3.63) is 23.8 Å². The van der Waals surface area contributed by atoms with Crippen molar-refractivity contribution in [2.45, 2.75) is 70.6 Å². The minimum Gasteiger partial charge on any atom is -0.488 e. The molecule has 3 rings (SSSR count). The largest absolute Gasteiger partial charge is 0.488 e. The van der Waals surface area contributed by atoms with Gasteiger partial charge in [-0.3, -0.25) is 4.79 Å². The van der Waals surface area contributed by atoms with Gasteiger partial charge in [-0.25, -0.2) is 4.79 Å². The summed E-state index contributed by atoms with van der Waals surface area (Å²) in [7, 11) is 4.00. The van der Waals surface area contributed by atoms with Gasteiger partial charge in [-0.1, -0.05) is 26.2 Å². The van der Waals surface area contributed by atoms with Crippen LogP contribution in [-0.2, 0) is 11.2 Å². The summed E-state index contributed by atoms with van der Waals surface area (Å²) in [5.74, 6) is 0.691. The third-order valence-corrected chi connectivity index (χ3v) is 6.66. The van der Waals surface area contributed by atoms with Crippen molar-refractivity contribution in [1.29, 1.82) is 0 Å². The van der Waals surface area contributed by atoms with Gasteiger partial charge in [0, 0.05) is 36.3 Å². The van der Waals surface area contributed by atoms with Crippen LogP contribution < -0.4 is 15.4 Å². The van der Waals surface area contributed by atoms with Crippen LogP contribution in [-0.4, -0.2) is 78.8 Å². The summed E-state index contributed by atoms with van der Waals surface area (Å²) >= 11 is 0. The van der Waals surface area contributed by atoms with E-state index in [9.17, 15) is 14.7 Å². The molecule has 3 atom stereocenters.